The lowest BCUT2D eigenvalue weighted by atomic mass is 9.98. The SMILES string of the molecule is C[C@H](N[C@@H](CO)c1ccccc1)[C@H]1C=CCC1. The van der Waals surface area contributed by atoms with Gasteiger partial charge in [-0.15, -0.1) is 0 Å². The first-order chi connectivity index (χ1) is 8.31. The second kappa shape index (κ2) is 5.99. The zero-order valence-corrected chi connectivity index (χ0v) is 10.3. The molecule has 0 fully saturated rings. The molecule has 0 saturated heterocycles. The number of benzene rings is 1. The van der Waals surface area contributed by atoms with Crippen LogP contribution in [0.4, 0.5) is 0 Å². The number of hydrogen-bond donors (Lipinski definition) is 2. The molecule has 2 nitrogen and oxygen atoms in total. The Morgan fingerprint density at radius 1 is 1.35 bits per heavy atom. The molecule has 0 heterocycles. The van der Waals surface area contributed by atoms with Crippen molar-refractivity contribution in [1.82, 2.24) is 5.32 Å². The lowest BCUT2D eigenvalue weighted by Crippen LogP contribution is -2.36. The predicted molar refractivity (Wildman–Crippen MR) is 70.7 cm³/mol. The van der Waals surface area contributed by atoms with Gasteiger partial charge in [-0.3, -0.25) is 0 Å². The Balaban J connectivity index is 1.97. The maximum atomic E-state index is 9.49. The molecular weight excluding hydrogens is 210 g/mol. The highest BCUT2D eigenvalue weighted by Crippen LogP contribution is 2.22. The van der Waals surface area contributed by atoms with Crippen molar-refractivity contribution >= 4 is 0 Å². The molecular formula is C15H21NO. The summed E-state index contributed by atoms with van der Waals surface area (Å²) in [5.41, 5.74) is 1.16. The number of aliphatic hydroxyl groups excluding tert-OH is 1. The van der Waals surface area contributed by atoms with Crippen LogP contribution in [0.25, 0.3) is 0 Å². The third kappa shape index (κ3) is 3.18. The summed E-state index contributed by atoms with van der Waals surface area (Å²) in [5, 5.41) is 13.0. The van der Waals surface area contributed by atoms with Gasteiger partial charge in [0.1, 0.15) is 0 Å². The van der Waals surface area contributed by atoms with E-state index < -0.39 is 0 Å². The summed E-state index contributed by atoms with van der Waals surface area (Å²) in [5.74, 6) is 0.604. The van der Waals surface area contributed by atoms with Gasteiger partial charge in [-0.1, -0.05) is 42.5 Å². The molecule has 0 radical (unpaired) electrons. The van der Waals surface area contributed by atoms with Gasteiger partial charge < -0.3 is 10.4 Å². The van der Waals surface area contributed by atoms with E-state index in [0.717, 1.165) is 5.56 Å². The molecule has 0 aromatic heterocycles. The van der Waals surface area contributed by atoms with Crippen LogP contribution >= 0.6 is 0 Å². The highest BCUT2D eigenvalue weighted by atomic mass is 16.3. The Bertz CT molecular complexity index is 360. The van der Waals surface area contributed by atoms with Crippen LogP contribution in [0.3, 0.4) is 0 Å². The van der Waals surface area contributed by atoms with Crippen LogP contribution in [0.2, 0.25) is 0 Å². The van der Waals surface area contributed by atoms with Gasteiger partial charge in [0.15, 0.2) is 0 Å². The van der Waals surface area contributed by atoms with Gasteiger partial charge >= 0.3 is 0 Å². The van der Waals surface area contributed by atoms with Gasteiger partial charge in [-0.05, 0) is 31.2 Å². The molecule has 2 rings (SSSR count). The molecule has 0 amide bonds. The van der Waals surface area contributed by atoms with Crippen LogP contribution in [0.5, 0.6) is 0 Å². The number of nitrogens with one attached hydrogen (secondary N) is 1. The monoisotopic (exact) mass is 231 g/mol. The molecule has 0 saturated carbocycles. The first-order valence-electron chi connectivity index (χ1n) is 6.40. The molecule has 0 bridgehead atoms. The molecule has 1 aromatic carbocycles. The molecule has 2 heteroatoms. The standard InChI is InChI=1S/C15H21NO/c1-12(13-7-5-6-8-13)16-15(11-17)14-9-3-2-4-10-14/h2-5,7,9-10,12-13,15-17H,6,8,11H2,1H3/t12-,13-,15-/m0/s1. The summed E-state index contributed by atoms with van der Waals surface area (Å²) in [6.07, 6.45) is 6.95. The van der Waals surface area contributed by atoms with Crippen molar-refractivity contribution in [2.75, 3.05) is 6.61 Å². The Labute approximate surface area is 103 Å². The van der Waals surface area contributed by atoms with E-state index in [2.05, 4.69) is 36.5 Å². The number of aliphatic hydroxyl groups is 1. The highest BCUT2D eigenvalue weighted by Gasteiger charge is 2.20. The minimum absolute atomic E-state index is 0.0419. The predicted octanol–water partition coefficient (Wildman–Crippen LogP) is 2.66. The van der Waals surface area contributed by atoms with Crippen molar-refractivity contribution in [3.8, 4) is 0 Å². The zero-order chi connectivity index (χ0) is 12.1. The van der Waals surface area contributed by atoms with Gasteiger partial charge in [0.05, 0.1) is 12.6 Å². The number of rotatable bonds is 5. The Kier molecular flexibility index (Phi) is 4.35. The Hall–Kier alpha value is -1.12. The maximum Gasteiger partial charge on any atom is 0.0626 e. The van der Waals surface area contributed by atoms with E-state index in [-0.39, 0.29) is 12.6 Å². The lowest BCUT2D eigenvalue weighted by Gasteiger charge is -2.25. The molecule has 17 heavy (non-hydrogen) atoms. The van der Waals surface area contributed by atoms with E-state index in [9.17, 15) is 5.11 Å². The van der Waals surface area contributed by atoms with Gasteiger partial charge in [0.25, 0.3) is 0 Å². The fourth-order valence-electron chi connectivity index (χ4n) is 2.45. The Morgan fingerprint density at radius 2 is 2.12 bits per heavy atom. The van der Waals surface area contributed by atoms with E-state index >= 15 is 0 Å². The summed E-state index contributed by atoms with van der Waals surface area (Å²) in [6, 6.07) is 10.6. The molecule has 0 aliphatic heterocycles. The lowest BCUT2D eigenvalue weighted by molar-refractivity contribution is 0.226. The maximum absolute atomic E-state index is 9.49. The second-order valence-corrected chi connectivity index (χ2v) is 4.77. The third-order valence-electron chi connectivity index (χ3n) is 3.54. The van der Waals surface area contributed by atoms with Crippen LogP contribution in [0, 0.1) is 5.92 Å². The van der Waals surface area contributed by atoms with Crippen LogP contribution in [0.15, 0.2) is 42.5 Å². The normalized spacial score (nSPS) is 22.6. The molecule has 1 aromatic rings. The first kappa shape index (κ1) is 12.3. The van der Waals surface area contributed by atoms with Crippen molar-refractivity contribution in [2.24, 2.45) is 5.92 Å². The van der Waals surface area contributed by atoms with Gasteiger partial charge in [0.2, 0.25) is 0 Å². The topological polar surface area (TPSA) is 32.3 Å². The summed E-state index contributed by atoms with van der Waals surface area (Å²) in [6.45, 7) is 2.34. The molecule has 3 atom stereocenters. The quantitative estimate of drug-likeness (QED) is 0.764. The highest BCUT2D eigenvalue weighted by molar-refractivity contribution is 5.19. The van der Waals surface area contributed by atoms with E-state index in [1.165, 1.54) is 12.8 Å². The average Bonchev–Trinajstić information content (AvgIpc) is 2.90. The van der Waals surface area contributed by atoms with E-state index in [1.54, 1.807) is 0 Å². The molecule has 1 aliphatic carbocycles. The van der Waals surface area contributed by atoms with Crippen LogP contribution in [-0.4, -0.2) is 17.8 Å². The van der Waals surface area contributed by atoms with Crippen molar-refractivity contribution in [3.05, 3.63) is 48.0 Å². The summed E-state index contributed by atoms with van der Waals surface area (Å²) < 4.78 is 0. The van der Waals surface area contributed by atoms with Crippen molar-refractivity contribution in [1.29, 1.82) is 0 Å². The summed E-state index contributed by atoms with van der Waals surface area (Å²) in [4.78, 5) is 0. The number of hydrogen-bond acceptors (Lipinski definition) is 2. The minimum Gasteiger partial charge on any atom is -0.394 e. The molecule has 0 spiro atoms. The van der Waals surface area contributed by atoms with Crippen LogP contribution in [-0.2, 0) is 0 Å². The largest absolute Gasteiger partial charge is 0.394 e. The van der Waals surface area contributed by atoms with Crippen molar-refractivity contribution in [2.45, 2.75) is 31.8 Å². The minimum atomic E-state index is 0.0419. The Morgan fingerprint density at radius 3 is 2.71 bits per heavy atom. The van der Waals surface area contributed by atoms with E-state index in [0.29, 0.717) is 12.0 Å². The third-order valence-corrected chi connectivity index (χ3v) is 3.54. The molecule has 1 aliphatic rings. The second-order valence-electron chi connectivity index (χ2n) is 4.77. The fraction of sp³-hybridized carbons (Fsp3) is 0.467. The molecule has 92 valence electrons. The van der Waals surface area contributed by atoms with Crippen molar-refractivity contribution < 1.29 is 5.11 Å². The van der Waals surface area contributed by atoms with Gasteiger partial charge in [-0.2, -0.15) is 0 Å². The van der Waals surface area contributed by atoms with Crippen LogP contribution in [0.1, 0.15) is 31.4 Å². The summed E-state index contributed by atoms with van der Waals surface area (Å²) >= 11 is 0. The van der Waals surface area contributed by atoms with Crippen LogP contribution < -0.4 is 5.32 Å². The zero-order valence-electron chi connectivity index (χ0n) is 10.3. The molecule has 0 unspecified atom stereocenters. The van der Waals surface area contributed by atoms with Gasteiger partial charge in [-0.25, -0.2) is 0 Å². The smallest absolute Gasteiger partial charge is 0.0626 e. The van der Waals surface area contributed by atoms with E-state index in [4.69, 9.17) is 0 Å². The average molecular weight is 231 g/mol. The van der Waals surface area contributed by atoms with Crippen molar-refractivity contribution in [3.63, 3.8) is 0 Å². The first-order valence-corrected chi connectivity index (χ1v) is 6.40. The van der Waals surface area contributed by atoms with Gasteiger partial charge in [0, 0.05) is 6.04 Å². The molecule has 2 N–H and O–H groups in total. The number of allylic oxidation sites excluding steroid dienone is 1. The summed E-state index contributed by atoms with van der Waals surface area (Å²) in [7, 11) is 0. The fourth-order valence-corrected chi connectivity index (χ4v) is 2.45. The van der Waals surface area contributed by atoms with E-state index in [1.807, 2.05) is 18.2 Å².